The highest BCUT2D eigenvalue weighted by molar-refractivity contribution is 7.86. The van der Waals surface area contributed by atoms with E-state index in [0.29, 0.717) is 12.2 Å². The van der Waals surface area contributed by atoms with Gasteiger partial charge >= 0.3 is 5.97 Å². The van der Waals surface area contributed by atoms with Crippen LogP contribution in [-0.4, -0.2) is 40.2 Å². The van der Waals surface area contributed by atoms with Crippen molar-refractivity contribution in [1.29, 1.82) is 0 Å². The molecule has 1 rings (SSSR count). The Kier molecular flexibility index (Phi) is 6.17. The first-order chi connectivity index (χ1) is 9.33. The van der Waals surface area contributed by atoms with Gasteiger partial charge in [0.15, 0.2) is 0 Å². The fraction of sp³-hybridized carbons (Fsp3) is 0.857. The van der Waals surface area contributed by atoms with Crippen LogP contribution in [0.15, 0.2) is 0 Å². The fourth-order valence-electron chi connectivity index (χ4n) is 1.94. The van der Waals surface area contributed by atoms with Crippen molar-refractivity contribution in [3.8, 4) is 0 Å². The van der Waals surface area contributed by atoms with E-state index in [0.717, 1.165) is 19.3 Å². The van der Waals surface area contributed by atoms with Gasteiger partial charge in [0.05, 0.1) is 13.5 Å². The molecule has 1 aliphatic rings. The fourth-order valence-corrected chi connectivity index (χ4v) is 3.49. The van der Waals surface area contributed by atoms with E-state index < -0.39 is 16.0 Å². The van der Waals surface area contributed by atoms with E-state index in [-0.39, 0.29) is 23.3 Å². The van der Waals surface area contributed by atoms with Crippen LogP contribution in [-0.2, 0) is 25.1 Å². The molecule has 1 fully saturated rings. The number of carbonyl (C=O) groups excluding carboxylic acids is 2. The maximum atomic E-state index is 12.3. The molecule has 1 N–H and O–H groups in total. The lowest BCUT2D eigenvalue weighted by Crippen LogP contribution is -2.41. The number of amides is 1. The Morgan fingerprint density at radius 1 is 1.35 bits per heavy atom. The molecule has 0 aromatic heterocycles. The van der Waals surface area contributed by atoms with Crippen molar-refractivity contribution in [3.63, 3.8) is 0 Å². The molecule has 6 heteroatoms. The molecule has 1 aliphatic carbocycles. The molecule has 0 aliphatic heterocycles. The monoisotopic (exact) mass is 303 g/mol. The summed E-state index contributed by atoms with van der Waals surface area (Å²) in [5.74, 6) is -0.0419. The highest BCUT2D eigenvalue weighted by Crippen LogP contribution is 2.49. The third-order valence-electron chi connectivity index (χ3n) is 3.92. The number of ether oxygens (including phenoxy) is 1. The highest BCUT2D eigenvalue weighted by atomic mass is 32.2. The summed E-state index contributed by atoms with van der Waals surface area (Å²) in [6.07, 6.45) is 2.91. The number of carbonyl (C=O) groups is 2. The van der Waals surface area contributed by atoms with Crippen LogP contribution in [0, 0.1) is 5.41 Å². The molecule has 1 amide bonds. The number of methoxy groups -OCH3 is 1. The summed E-state index contributed by atoms with van der Waals surface area (Å²) in [5, 5.41) is 2.30. The van der Waals surface area contributed by atoms with Gasteiger partial charge in [-0.25, -0.2) is 0 Å². The maximum absolute atomic E-state index is 12.3. The minimum Gasteiger partial charge on any atom is -0.469 e. The van der Waals surface area contributed by atoms with E-state index in [4.69, 9.17) is 0 Å². The van der Waals surface area contributed by atoms with Gasteiger partial charge in [-0.05, 0) is 38.5 Å². The van der Waals surface area contributed by atoms with Gasteiger partial charge in [0.2, 0.25) is 5.91 Å². The van der Waals surface area contributed by atoms with Gasteiger partial charge in [-0.2, -0.15) is 0 Å². The van der Waals surface area contributed by atoms with Crippen LogP contribution in [0.3, 0.4) is 0 Å². The second-order valence-electron chi connectivity index (χ2n) is 5.74. The molecule has 0 aromatic carbocycles. The maximum Gasteiger partial charge on any atom is 0.306 e. The second-order valence-corrected chi connectivity index (χ2v) is 7.50. The molecular formula is C14H25NO4S. The normalized spacial score (nSPS) is 20.6. The van der Waals surface area contributed by atoms with Gasteiger partial charge in [0.1, 0.15) is 5.25 Å². The molecule has 0 spiro atoms. The minimum absolute atomic E-state index is 0.0897. The molecule has 116 valence electrons. The van der Waals surface area contributed by atoms with Crippen LogP contribution in [0.5, 0.6) is 0 Å². The van der Waals surface area contributed by atoms with E-state index in [2.05, 4.69) is 10.1 Å². The quantitative estimate of drug-likeness (QED) is 0.688. The molecule has 5 nitrogen and oxygen atoms in total. The summed E-state index contributed by atoms with van der Waals surface area (Å²) >= 11 is 0. The van der Waals surface area contributed by atoms with Crippen molar-refractivity contribution in [2.45, 2.75) is 57.7 Å². The van der Waals surface area contributed by atoms with Crippen LogP contribution >= 0.6 is 0 Å². The Labute approximate surface area is 123 Å². The van der Waals surface area contributed by atoms with Crippen LogP contribution in [0.25, 0.3) is 0 Å². The molecule has 3 atom stereocenters. The standard InChI is InChI=1S/C14H25NO4S/c1-5-10(2)15-13(17)11(3)20(18)9-14(6-7-14)8-12(16)19-4/h10-11H,5-9H2,1-4H3,(H,15,17). The molecular weight excluding hydrogens is 278 g/mol. The molecule has 1 saturated carbocycles. The van der Waals surface area contributed by atoms with Crippen molar-refractivity contribution in [2.24, 2.45) is 5.41 Å². The Bertz CT molecular complexity index is 393. The number of nitrogens with one attached hydrogen (secondary N) is 1. The Balaban J connectivity index is 2.49. The zero-order valence-corrected chi connectivity index (χ0v) is 13.5. The third-order valence-corrected chi connectivity index (χ3v) is 5.82. The summed E-state index contributed by atoms with van der Waals surface area (Å²) in [5.41, 5.74) is -0.205. The molecule has 3 unspecified atom stereocenters. The lowest BCUT2D eigenvalue weighted by Gasteiger charge is -2.19. The van der Waals surface area contributed by atoms with Crippen molar-refractivity contribution < 1.29 is 18.5 Å². The summed E-state index contributed by atoms with van der Waals surface area (Å²) in [6.45, 7) is 5.59. The smallest absolute Gasteiger partial charge is 0.306 e. The molecule has 0 aromatic rings. The van der Waals surface area contributed by atoms with E-state index >= 15 is 0 Å². The molecule has 0 bridgehead atoms. The molecule has 0 heterocycles. The summed E-state index contributed by atoms with van der Waals surface area (Å²) < 4.78 is 16.9. The third kappa shape index (κ3) is 4.89. The Morgan fingerprint density at radius 3 is 2.40 bits per heavy atom. The van der Waals surface area contributed by atoms with Gasteiger partial charge in [-0.1, -0.05) is 6.92 Å². The van der Waals surface area contributed by atoms with Gasteiger partial charge < -0.3 is 10.1 Å². The lowest BCUT2D eigenvalue weighted by atomic mass is 10.1. The largest absolute Gasteiger partial charge is 0.469 e. The Morgan fingerprint density at radius 2 is 1.95 bits per heavy atom. The van der Waals surface area contributed by atoms with Gasteiger partial charge in [-0.15, -0.1) is 0 Å². The zero-order valence-electron chi connectivity index (χ0n) is 12.7. The average Bonchev–Trinajstić information content (AvgIpc) is 3.16. The van der Waals surface area contributed by atoms with Crippen LogP contribution in [0.4, 0.5) is 0 Å². The van der Waals surface area contributed by atoms with E-state index in [1.165, 1.54) is 7.11 Å². The topological polar surface area (TPSA) is 72.5 Å². The first-order valence-electron chi connectivity index (χ1n) is 7.08. The number of hydrogen-bond acceptors (Lipinski definition) is 4. The van der Waals surface area contributed by atoms with Gasteiger partial charge in [-0.3, -0.25) is 13.8 Å². The van der Waals surface area contributed by atoms with Crippen LogP contribution in [0.2, 0.25) is 0 Å². The van der Waals surface area contributed by atoms with Crippen LogP contribution in [0.1, 0.15) is 46.5 Å². The SMILES string of the molecule is CCC(C)NC(=O)C(C)S(=O)CC1(CC(=O)OC)CC1. The van der Waals surface area contributed by atoms with E-state index in [1.54, 1.807) is 6.92 Å². The van der Waals surface area contributed by atoms with Crippen LogP contribution < -0.4 is 5.32 Å². The zero-order chi connectivity index (χ0) is 15.3. The lowest BCUT2D eigenvalue weighted by molar-refractivity contribution is -0.141. The predicted molar refractivity (Wildman–Crippen MR) is 78.7 cm³/mol. The number of esters is 1. The van der Waals surface area contributed by atoms with E-state index in [1.807, 2.05) is 13.8 Å². The highest BCUT2D eigenvalue weighted by Gasteiger charge is 2.46. The van der Waals surface area contributed by atoms with Crippen molar-refractivity contribution >= 4 is 22.7 Å². The van der Waals surface area contributed by atoms with Crippen molar-refractivity contribution in [1.82, 2.24) is 5.32 Å². The van der Waals surface area contributed by atoms with Gasteiger partial charge in [0, 0.05) is 22.6 Å². The molecule has 0 saturated heterocycles. The van der Waals surface area contributed by atoms with Gasteiger partial charge in [0.25, 0.3) is 0 Å². The van der Waals surface area contributed by atoms with Crippen molar-refractivity contribution in [2.75, 3.05) is 12.9 Å². The second kappa shape index (κ2) is 7.20. The minimum atomic E-state index is -1.26. The Hall–Kier alpha value is -0.910. The van der Waals surface area contributed by atoms with Crippen molar-refractivity contribution in [3.05, 3.63) is 0 Å². The number of rotatable bonds is 8. The summed E-state index contributed by atoms with van der Waals surface area (Å²) in [7, 11) is 0.100. The average molecular weight is 303 g/mol. The first kappa shape index (κ1) is 17.1. The first-order valence-corrected chi connectivity index (χ1v) is 8.46. The number of hydrogen-bond donors (Lipinski definition) is 1. The predicted octanol–water partition coefficient (Wildman–Crippen LogP) is 1.38. The van der Waals surface area contributed by atoms with E-state index in [9.17, 15) is 13.8 Å². The summed E-state index contributed by atoms with van der Waals surface area (Å²) in [6, 6.07) is 0.0897. The molecule has 0 radical (unpaired) electrons. The summed E-state index contributed by atoms with van der Waals surface area (Å²) in [4.78, 5) is 23.3. The molecule has 20 heavy (non-hydrogen) atoms.